The van der Waals surface area contributed by atoms with E-state index in [4.69, 9.17) is 0 Å². The molecule has 0 saturated heterocycles. The predicted octanol–water partition coefficient (Wildman–Crippen LogP) is 4.09. The van der Waals surface area contributed by atoms with Crippen LogP contribution in [0.4, 0.5) is 5.82 Å². The summed E-state index contributed by atoms with van der Waals surface area (Å²) >= 11 is 0. The van der Waals surface area contributed by atoms with Crippen molar-refractivity contribution >= 4 is 5.82 Å². The summed E-state index contributed by atoms with van der Waals surface area (Å²) in [4.78, 5) is 8.86. The third-order valence-electron chi connectivity index (χ3n) is 3.42. The van der Waals surface area contributed by atoms with E-state index in [9.17, 15) is 0 Å². The number of nitrogens with zero attached hydrogens (tertiary/aromatic N) is 2. The van der Waals surface area contributed by atoms with Crippen LogP contribution in [-0.2, 0) is 12.8 Å². The number of benzene rings is 1. The molecule has 0 aliphatic heterocycles. The zero-order valence-corrected chi connectivity index (χ0v) is 12.6. The quantitative estimate of drug-likeness (QED) is 0.858. The summed E-state index contributed by atoms with van der Waals surface area (Å²) in [5, 5.41) is 3.18. The molecule has 2 rings (SSSR count). The van der Waals surface area contributed by atoms with Crippen molar-refractivity contribution < 1.29 is 0 Å². The van der Waals surface area contributed by atoms with Crippen LogP contribution >= 0.6 is 0 Å². The van der Waals surface area contributed by atoms with Gasteiger partial charge in [0.2, 0.25) is 0 Å². The molecule has 0 unspecified atom stereocenters. The highest BCUT2D eigenvalue weighted by Crippen LogP contribution is 2.27. The van der Waals surface area contributed by atoms with Gasteiger partial charge in [0.25, 0.3) is 0 Å². The fourth-order valence-corrected chi connectivity index (χ4v) is 2.53. The van der Waals surface area contributed by atoms with Gasteiger partial charge < -0.3 is 5.32 Å². The van der Waals surface area contributed by atoms with Gasteiger partial charge in [-0.15, -0.1) is 0 Å². The second kappa shape index (κ2) is 7.04. The SMILES string of the molecule is CCCc1cccc(-c2ncnc(NC)c2CCC)c1. The molecule has 0 amide bonds. The average molecular weight is 269 g/mol. The van der Waals surface area contributed by atoms with Crippen LogP contribution in [0.2, 0.25) is 0 Å². The first-order valence-corrected chi connectivity index (χ1v) is 7.41. The molecular weight excluding hydrogens is 246 g/mol. The van der Waals surface area contributed by atoms with E-state index in [1.54, 1.807) is 6.33 Å². The largest absolute Gasteiger partial charge is 0.373 e. The van der Waals surface area contributed by atoms with E-state index in [1.807, 2.05) is 7.05 Å². The minimum Gasteiger partial charge on any atom is -0.373 e. The van der Waals surface area contributed by atoms with Gasteiger partial charge in [0, 0.05) is 18.2 Å². The first-order valence-electron chi connectivity index (χ1n) is 7.41. The Morgan fingerprint density at radius 2 is 1.85 bits per heavy atom. The van der Waals surface area contributed by atoms with Crippen molar-refractivity contribution in [3.05, 3.63) is 41.7 Å². The summed E-state index contributed by atoms with van der Waals surface area (Å²) in [7, 11) is 1.92. The van der Waals surface area contributed by atoms with Crippen LogP contribution in [0.1, 0.15) is 37.8 Å². The molecule has 0 spiro atoms. The van der Waals surface area contributed by atoms with Crippen molar-refractivity contribution in [1.29, 1.82) is 0 Å². The molecule has 0 aliphatic rings. The van der Waals surface area contributed by atoms with Gasteiger partial charge in [0.05, 0.1) is 5.69 Å². The fraction of sp³-hybridized carbons (Fsp3) is 0.412. The van der Waals surface area contributed by atoms with Gasteiger partial charge in [-0.05, 0) is 24.5 Å². The second-order valence-electron chi connectivity index (χ2n) is 5.00. The van der Waals surface area contributed by atoms with Gasteiger partial charge in [0.15, 0.2) is 0 Å². The number of aryl methyl sites for hydroxylation is 1. The molecular formula is C17H23N3. The predicted molar refractivity (Wildman–Crippen MR) is 85.0 cm³/mol. The molecule has 0 fully saturated rings. The van der Waals surface area contributed by atoms with Crippen molar-refractivity contribution in [2.75, 3.05) is 12.4 Å². The zero-order valence-electron chi connectivity index (χ0n) is 12.6. The molecule has 0 aliphatic carbocycles. The van der Waals surface area contributed by atoms with Crippen LogP contribution < -0.4 is 5.32 Å². The summed E-state index contributed by atoms with van der Waals surface area (Å²) in [6.07, 6.45) is 6.00. The van der Waals surface area contributed by atoms with Crippen LogP contribution in [0.25, 0.3) is 11.3 Å². The van der Waals surface area contributed by atoms with Crippen LogP contribution in [0, 0.1) is 0 Å². The summed E-state index contributed by atoms with van der Waals surface area (Å²) < 4.78 is 0. The van der Waals surface area contributed by atoms with E-state index in [1.165, 1.54) is 16.7 Å². The van der Waals surface area contributed by atoms with Crippen molar-refractivity contribution in [1.82, 2.24) is 9.97 Å². The molecule has 1 aromatic carbocycles. The monoisotopic (exact) mass is 269 g/mol. The average Bonchev–Trinajstić information content (AvgIpc) is 2.48. The van der Waals surface area contributed by atoms with Gasteiger partial charge in [-0.3, -0.25) is 0 Å². The standard InChI is InChI=1S/C17H23N3/c1-4-7-13-9-6-10-14(11-13)16-15(8-5-2)17(18-3)20-12-19-16/h6,9-12H,4-5,7-8H2,1-3H3,(H,18,19,20). The number of hydrogen-bond acceptors (Lipinski definition) is 3. The Morgan fingerprint density at radius 1 is 1.05 bits per heavy atom. The highest BCUT2D eigenvalue weighted by atomic mass is 15.0. The molecule has 1 heterocycles. The maximum Gasteiger partial charge on any atom is 0.132 e. The molecule has 106 valence electrons. The number of anilines is 1. The van der Waals surface area contributed by atoms with Crippen molar-refractivity contribution in [2.45, 2.75) is 39.5 Å². The van der Waals surface area contributed by atoms with Gasteiger partial charge in [-0.25, -0.2) is 9.97 Å². The van der Waals surface area contributed by atoms with E-state index in [0.717, 1.165) is 37.2 Å². The molecule has 0 bridgehead atoms. The fourth-order valence-electron chi connectivity index (χ4n) is 2.53. The van der Waals surface area contributed by atoms with Gasteiger partial charge >= 0.3 is 0 Å². The Kier molecular flexibility index (Phi) is 5.10. The van der Waals surface area contributed by atoms with Crippen molar-refractivity contribution in [2.24, 2.45) is 0 Å². The number of rotatable bonds is 6. The Balaban J connectivity index is 2.48. The summed E-state index contributed by atoms with van der Waals surface area (Å²) in [5.74, 6) is 0.942. The lowest BCUT2D eigenvalue weighted by molar-refractivity contribution is 0.904. The third-order valence-corrected chi connectivity index (χ3v) is 3.42. The molecule has 0 saturated carbocycles. The Labute approximate surface area is 121 Å². The maximum atomic E-state index is 4.53. The number of aromatic nitrogens is 2. The molecule has 1 aromatic heterocycles. The van der Waals surface area contributed by atoms with E-state index < -0.39 is 0 Å². The van der Waals surface area contributed by atoms with Crippen LogP contribution in [0.5, 0.6) is 0 Å². The maximum absolute atomic E-state index is 4.53. The lowest BCUT2D eigenvalue weighted by Gasteiger charge is -2.13. The smallest absolute Gasteiger partial charge is 0.132 e. The topological polar surface area (TPSA) is 37.8 Å². The first kappa shape index (κ1) is 14.5. The van der Waals surface area contributed by atoms with Crippen molar-refractivity contribution in [3.8, 4) is 11.3 Å². The van der Waals surface area contributed by atoms with Crippen LogP contribution in [0.3, 0.4) is 0 Å². The van der Waals surface area contributed by atoms with E-state index >= 15 is 0 Å². The van der Waals surface area contributed by atoms with E-state index in [0.29, 0.717) is 0 Å². The third kappa shape index (κ3) is 3.16. The lowest BCUT2D eigenvalue weighted by Crippen LogP contribution is -2.03. The molecule has 0 radical (unpaired) electrons. The minimum absolute atomic E-state index is 0.942. The molecule has 3 nitrogen and oxygen atoms in total. The van der Waals surface area contributed by atoms with Gasteiger partial charge in [0.1, 0.15) is 12.1 Å². The zero-order chi connectivity index (χ0) is 14.4. The van der Waals surface area contributed by atoms with Crippen molar-refractivity contribution in [3.63, 3.8) is 0 Å². The highest BCUT2D eigenvalue weighted by Gasteiger charge is 2.11. The molecule has 3 heteroatoms. The number of hydrogen-bond donors (Lipinski definition) is 1. The van der Waals surface area contributed by atoms with Gasteiger partial charge in [-0.2, -0.15) is 0 Å². The molecule has 20 heavy (non-hydrogen) atoms. The normalized spacial score (nSPS) is 10.6. The Bertz CT molecular complexity index is 564. The van der Waals surface area contributed by atoms with Crippen LogP contribution in [-0.4, -0.2) is 17.0 Å². The molecule has 0 atom stereocenters. The summed E-state index contributed by atoms with van der Waals surface area (Å²) in [6.45, 7) is 4.39. The highest BCUT2D eigenvalue weighted by molar-refractivity contribution is 5.68. The summed E-state index contributed by atoms with van der Waals surface area (Å²) in [6, 6.07) is 8.70. The van der Waals surface area contributed by atoms with Gasteiger partial charge in [-0.1, -0.05) is 44.9 Å². The molecule has 2 aromatic rings. The van der Waals surface area contributed by atoms with Crippen LogP contribution in [0.15, 0.2) is 30.6 Å². The second-order valence-corrected chi connectivity index (χ2v) is 5.00. The molecule has 1 N–H and O–H groups in total. The minimum atomic E-state index is 0.942. The summed E-state index contributed by atoms with van der Waals surface area (Å²) in [5.41, 5.74) is 4.84. The Hall–Kier alpha value is -1.90. The Morgan fingerprint density at radius 3 is 2.55 bits per heavy atom. The number of nitrogens with one attached hydrogen (secondary N) is 1. The first-order chi connectivity index (χ1) is 9.80. The van der Waals surface area contributed by atoms with E-state index in [2.05, 4.69) is 53.4 Å². The van der Waals surface area contributed by atoms with E-state index in [-0.39, 0.29) is 0 Å². The lowest BCUT2D eigenvalue weighted by atomic mass is 9.99.